The lowest BCUT2D eigenvalue weighted by atomic mass is 10.0. The first-order valence-corrected chi connectivity index (χ1v) is 10.7. The molecule has 0 spiro atoms. The minimum absolute atomic E-state index is 0.279. The Morgan fingerprint density at radius 2 is 2.00 bits per heavy atom. The molecule has 4 rings (SSSR count). The first kappa shape index (κ1) is 23.2. The second kappa shape index (κ2) is 10.8. The normalized spacial score (nSPS) is 14.7. The molecule has 1 atom stereocenters. The van der Waals surface area contributed by atoms with Gasteiger partial charge in [-0.3, -0.25) is 5.32 Å². The van der Waals surface area contributed by atoms with Gasteiger partial charge < -0.3 is 31.2 Å². The molecule has 0 saturated heterocycles. The molecule has 176 valence electrons. The van der Waals surface area contributed by atoms with Gasteiger partial charge in [0.1, 0.15) is 11.9 Å². The van der Waals surface area contributed by atoms with Crippen molar-refractivity contribution < 1.29 is 9.21 Å². The smallest absolute Gasteiger partial charge is 0.321 e. The Balaban J connectivity index is 1.48. The number of anilines is 2. The van der Waals surface area contributed by atoms with E-state index in [1.807, 2.05) is 36.4 Å². The van der Waals surface area contributed by atoms with Crippen LogP contribution in [0.15, 0.2) is 95.3 Å². The van der Waals surface area contributed by atoms with Crippen molar-refractivity contribution in [1.82, 2.24) is 20.6 Å². The number of rotatable bonds is 8. The zero-order valence-corrected chi connectivity index (χ0v) is 18.9. The van der Waals surface area contributed by atoms with Crippen LogP contribution in [0.1, 0.15) is 22.9 Å². The molecule has 1 aromatic carbocycles. The fourth-order valence-corrected chi connectivity index (χ4v) is 3.45. The molecule has 2 amide bonds. The highest BCUT2D eigenvalue weighted by atomic mass is 16.3. The number of aromatic nitrogens is 2. The van der Waals surface area contributed by atoms with Gasteiger partial charge >= 0.3 is 6.03 Å². The quantitative estimate of drug-likeness (QED) is 0.275. The first-order chi connectivity index (χ1) is 17.1. The maximum Gasteiger partial charge on any atom is 0.321 e. The van der Waals surface area contributed by atoms with Crippen molar-refractivity contribution in [3.63, 3.8) is 0 Å². The molecule has 0 fully saturated rings. The van der Waals surface area contributed by atoms with Crippen LogP contribution >= 0.6 is 0 Å². The number of pyridine rings is 1. The van der Waals surface area contributed by atoms with Crippen LogP contribution in [0.25, 0.3) is 0 Å². The zero-order chi connectivity index (χ0) is 24.6. The minimum Gasteiger partial charge on any atom is -0.446 e. The second-order valence-corrected chi connectivity index (χ2v) is 7.51. The fourth-order valence-electron chi connectivity index (χ4n) is 3.45. The van der Waals surface area contributed by atoms with E-state index < -0.39 is 12.1 Å². The number of hydrogen-bond donors (Lipinski definition) is 6. The van der Waals surface area contributed by atoms with Crippen LogP contribution in [-0.2, 0) is 0 Å². The molecule has 1 aliphatic carbocycles. The van der Waals surface area contributed by atoms with Crippen molar-refractivity contribution in [1.29, 1.82) is 10.8 Å². The Labute approximate surface area is 201 Å². The molecular formula is C25H24N8O2. The highest BCUT2D eigenvalue weighted by Crippen LogP contribution is 2.23. The van der Waals surface area contributed by atoms with Crippen LogP contribution < -0.4 is 21.3 Å². The maximum absolute atomic E-state index is 12.8. The van der Waals surface area contributed by atoms with E-state index in [0.717, 1.165) is 16.8 Å². The number of benzene rings is 1. The topological polar surface area (TPSA) is 152 Å². The van der Waals surface area contributed by atoms with Crippen LogP contribution in [0.3, 0.4) is 0 Å². The standard InChI is InChI=1S/C25H24N8O2/c1-28-12-18-9-19(7-8-20(18)27)31-21-13-30-23(10-17(21)11-26)32-25(34)33-24(22-14-29-15-35-22)16-5-3-2-4-6-16/h2-15,24,26-28,31H,1H3,(H2,30,32,33,34)/b18-12-,26-11?,27-20?. The van der Waals surface area contributed by atoms with Gasteiger partial charge in [-0.15, -0.1) is 0 Å². The summed E-state index contributed by atoms with van der Waals surface area (Å²) in [5, 5.41) is 27.5. The predicted molar refractivity (Wildman–Crippen MR) is 135 cm³/mol. The van der Waals surface area contributed by atoms with E-state index in [-0.39, 0.29) is 5.82 Å². The number of carbonyl (C=O) groups excluding carboxylic acids is 1. The molecule has 2 aromatic heterocycles. The summed E-state index contributed by atoms with van der Waals surface area (Å²) in [7, 11) is 1.77. The summed E-state index contributed by atoms with van der Waals surface area (Å²) in [5.41, 5.74) is 3.79. The number of amides is 2. The maximum atomic E-state index is 12.8. The molecule has 3 aromatic rings. The summed E-state index contributed by atoms with van der Waals surface area (Å²) < 4.78 is 5.42. The molecule has 2 heterocycles. The predicted octanol–water partition coefficient (Wildman–Crippen LogP) is 3.97. The first-order valence-electron chi connectivity index (χ1n) is 10.7. The average Bonchev–Trinajstić information content (AvgIpc) is 3.41. The van der Waals surface area contributed by atoms with E-state index in [0.29, 0.717) is 22.7 Å². The molecule has 0 saturated carbocycles. The molecular weight excluding hydrogens is 444 g/mol. The van der Waals surface area contributed by atoms with Crippen LogP contribution in [0.2, 0.25) is 0 Å². The lowest BCUT2D eigenvalue weighted by Gasteiger charge is -2.18. The largest absolute Gasteiger partial charge is 0.446 e. The van der Waals surface area contributed by atoms with Crippen molar-refractivity contribution in [3.05, 3.63) is 108 Å². The van der Waals surface area contributed by atoms with Gasteiger partial charge in [0.2, 0.25) is 0 Å². The summed E-state index contributed by atoms with van der Waals surface area (Å²) in [5.74, 6) is 0.772. The van der Waals surface area contributed by atoms with Crippen molar-refractivity contribution in [2.24, 2.45) is 0 Å². The molecule has 1 unspecified atom stereocenters. The van der Waals surface area contributed by atoms with Crippen LogP contribution in [0.5, 0.6) is 0 Å². The van der Waals surface area contributed by atoms with Gasteiger partial charge in [-0.1, -0.05) is 30.3 Å². The fraction of sp³-hybridized carbons (Fsp3) is 0.0800. The number of urea groups is 1. The third kappa shape index (κ3) is 5.69. The van der Waals surface area contributed by atoms with E-state index in [2.05, 4.69) is 31.2 Å². The van der Waals surface area contributed by atoms with Crippen LogP contribution in [0.4, 0.5) is 16.3 Å². The van der Waals surface area contributed by atoms with Gasteiger partial charge in [-0.05, 0) is 29.9 Å². The van der Waals surface area contributed by atoms with Crippen LogP contribution in [0, 0.1) is 10.8 Å². The number of oxazole rings is 1. The highest BCUT2D eigenvalue weighted by Gasteiger charge is 2.20. The second-order valence-electron chi connectivity index (χ2n) is 7.51. The lowest BCUT2D eigenvalue weighted by Crippen LogP contribution is -2.33. The molecule has 35 heavy (non-hydrogen) atoms. The summed E-state index contributed by atoms with van der Waals surface area (Å²) in [4.78, 5) is 21.0. The summed E-state index contributed by atoms with van der Waals surface area (Å²) >= 11 is 0. The van der Waals surface area contributed by atoms with E-state index in [1.54, 1.807) is 37.7 Å². The van der Waals surface area contributed by atoms with E-state index in [9.17, 15) is 4.79 Å². The number of hydrogen-bond acceptors (Lipinski definition) is 8. The Morgan fingerprint density at radius 3 is 2.71 bits per heavy atom. The van der Waals surface area contributed by atoms with Crippen molar-refractivity contribution in [2.75, 3.05) is 17.7 Å². The number of nitrogens with zero attached hydrogens (tertiary/aromatic N) is 2. The zero-order valence-electron chi connectivity index (χ0n) is 18.9. The van der Waals surface area contributed by atoms with Crippen molar-refractivity contribution >= 4 is 29.5 Å². The third-order valence-electron chi connectivity index (χ3n) is 5.11. The highest BCUT2D eigenvalue weighted by molar-refractivity contribution is 6.10. The Hall–Kier alpha value is -4.99. The van der Waals surface area contributed by atoms with Gasteiger partial charge in [-0.2, -0.15) is 0 Å². The lowest BCUT2D eigenvalue weighted by molar-refractivity contribution is 0.248. The summed E-state index contributed by atoms with van der Waals surface area (Å²) in [6, 6.07) is 9.97. The van der Waals surface area contributed by atoms with Crippen molar-refractivity contribution in [3.8, 4) is 0 Å². The molecule has 0 bridgehead atoms. The number of carbonyl (C=O) groups is 1. The molecule has 0 aliphatic heterocycles. The van der Waals surface area contributed by atoms with Gasteiger partial charge in [0.15, 0.2) is 12.2 Å². The molecule has 0 radical (unpaired) electrons. The number of allylic oxidation sites excluding steroid dienone is 4. The third-order valence-corrected chi connectivity index (χ3v) is 5.11. The van der Waals surface area contributed by atoms with Gasteiger partial charge in [0.05, 0.1) is 23.8 Å². The van der Waals surface area contributed by atoms with Crippen LogP contribution in [-0.4, -0.2) is 35.0 Å². The molecule has 10 nitrogen and oxygen atoms in total. The van der Waals surface area contributed by atoms with Gasteiger partial charge in [0.25, 0.3) is 0 Å². The molecule has 6 N–H and O–H groups in total. The van der Waals surface area contributed by atoms with Gasteiger partial charge in [-0.25, -0.2) is 14.8 Å². The summed E-state index contributed by atoms with van der Waals surface area (Å²) in [6.07, 6.45) is 12.6. The summed E-state index contributed by atoms with van der Waals surface area (Å²) in [6.45, 7) is 0. The minimum atomic E-state index is -0.537. The van der Waals surface area contributed by atoms with Gasteiger partial charge in [0, 0.05) is 36.3 Å². The molecule has 10 heteroatoms. The van der Waals surface area contributed by atoms with Crippen molar-refractivity contribution in [2.45, 2.75) is 6.04 Å². The monoisotopic (exact) mass is 468 g/mol. The SMILES string of the molecule is CN/C=C1/C=C(Nc2cnc(NC(=O)NC(c3ccccc3)c3cnco3)cc2C=N)C=CC1=N. The van der Waals surface area contributed by atoms with E-state index in [1.165, 1.54) is 18.8 Å². The number of nitrogens with one attached hydrogen (secondary N) is 6. The average molecular weight is 469 g/mol. The van der Waals surface area contributed by atoms with E-state index in [4.69, 9.17) is 15.2 Å². The molecule has 1 aliphatic rings. The Morgan fingerprint density at radius 1 is 1.17 bits per heavy atom. The van der Waals surface area contributed by atoms with E-state index >= 15 is 0 Å². The Kier molecular flexibility index (Phi) is 7.12. The Bertz CT molecular complexity index is 1310.